The van der Waals surface area contributed by atoms with Crippen LogP contribution in [0.3, 0.4) is 0 Å². The molecule has 1 aliphatic heterocycles. The van der Waals surface area contributed by atoms with Crippen LogP contribution < -0.4 is 15.5 Å². The molecule has 2 aromatic rings. The summed E-state index contributed by atoms with van der Waals surface area (Å²) < 4.78 is 0. The second-order valence-electron chi connectivity index (χ2n) is 6.85. The van der Waals surface area contributed by atoms with Crippen LogP contribution >= 0.6 is 11.3 Å². The number of nitrogens with one attached hydrogen (secondary N) is 2. The summed E-state index contributed by atoms with van der Waals surface area (Å²) in [7, 11) is 0. The van der Waals surface area contributed by atoms with Crippen LogP contribution in [0.2, 0.25) is 0 Å². The van der Waals surface area contributed by atoms with Crippen molar-refractivity contribution in [1.82, 2.24) is 10.3 Å². The van der Waals surface area contributed by atoms with Crippen molar-refractivity contribution in [3.63, 3.8) is 0 Å². The highest BCUT2D eigenvalue weighted by Crippen LogP contribution is 2.26. The van der Waals surface area contributed by atoms with Crippen LogP contribution in [0, 0.1) is 19.8 Å². The van der Waals surface area contributed by atoms with Gasteiger partial charge < -0.3 is 15.5 Å². The van der Waals surface area contributed by atoms with Crippen molar-refractivity contribution in [2.24, 2.45) is 5.92 Å². The Labute approximate surface area is 161 Å². The Kier molecular flexibility index (Phi) is 5.27. The monoisotopic (exact) mass is 386 g/mol. The molecule has 2 heterocycles. The minimum Gasteiger partial charge on any atom is -0.340 e. The number of rotatable bonds is 4. The highest BCUT2D eigenvalue weighted by Gasteiger charge is 2.36. The number of amides is 3. The average Bonchev–Trinajstić information content (AvgIpc) is 2.88. The molecule has 1 aliphatic rings. The fourth-order valence-electron chi connectivity index (χ4n) is 2.91. The van der Waals surface area contributed by atoms with Gasteiger partial charge in [0.25, 0.3) is 5.91 Å². The van der Waals surface area contributed by atoms with Crippen LogP contribution in [-0.2, 0) is 9.59 Å². The number of nitrogens with zero attached hydrogens (tertiary/aromatic N) is 2. The van der Waals surface area contributed by atoms with E-state index in [1.807, 2.05) is 27.7 Å². The minimum atomic E-state index is -0.693. The lowest BCUT2D eigenvalue weighted by atomic mass is 10.0. The van der Waals surface area contributed by atoms with Gasteiger partial charge in [0.1, 0.15) is 12.6 Å². The van der Waals surface area contributed by atoms with Crippen molar-refractivity contribution >= 4 is 39.9 Å². The van der Waals surface area contributed by atoms with E-state index in [2.05, 4.69) is 15.6 Å². The zero-order valence-electron chi connectivity index (χ0n) is 15.7. The van der Waals surface area contributed by atoms with E-state index in [0.29, 0.717) is 16.4 Å². The van der Waals surface area contributed by atoms with Gasteiger partial charge in [0.05, 0.1) is 16.9 Å². The highest BCUT2D eigenvalue weighted by molar-refractivity contribution is 7.15. The molecule has 0 spiro atoms. The predicted octanol–water partition coefficient (Wildman–Crippen LogP) is 2.50. The number of hydrogen-bond donors (Lipinski definition) is 2. The lowest BCUT2D eigenvalue weighted by Gasteiger charge is -2.26. The van der Waals surface area contributed by atoms with E-state index < -0.39 is 6.04 Å². The standard InChI is InChI=1S/C19H22N4O3S/c1-10(2)16-18(26)23(14-8-6-5-7-13(14)17(25)22-16)9-15(24)21-19-20-11(3)12(4)27-19/h5-8,10,16H,9H2,1-4H3,(H,22,25)(H,20,21,24)/t16-/m1/s1. The smallest absolute Gasteiger partial charge is 0.254 e. The molecule has 1 atom stereocenters. The number of carbonyl (C=O) groups is 3. The first kappa shape index (κ1) is 19.0. The van der Waals surface area contributed by atoms with Gasteiger partial charge in [-0.05, 0) is 31.9 Å². The third-order valence-corrected chi connectivity index (χ3v) is 5.49. The van der Waals surface area contributed by atoms with Crippen LogP contribution in [0.4, 0.5) is 10.8 Å². The summed E-state index contributed by atoms with van der Waals surface area (Å²) in [6.07, 6.45) is 0. The van der Waals surface area contributed by atoms with E-state index in [0.717, 1.165) is 10.6 Å². The van der Waals surface area contributed by atoms with Crippen LogP contribution in [0.25, 0.3) is 0 Å². The van der Waals surface area contributed by atoms with Gasteiger partial charge in [0.2, 0.25) is 11.8 Å². The molecule has 0 unspecified atom stereocenters. The first-order chi connectivity index (χ1) is 12.8. The molecule has 2 N–H and O–H groups in total. The van der Waals surface area contributed by atoms with Crippen molar-refractivity contribution < 1.29 is 14.4 Å². The van der Waals surface area contributed by atoms with Crippen molar-refractivity contribution in [1.29, 1.82) is 0 Å². The Morgan fingerprint density at radius 3 is 2.63 bits per heavy atom. The van der Waals surface area contributed by atoms with E-state index in [-0.39, 0.29) is 30.2 Å². The van der Waals surface area contributed by atoms with Gasteiger partial charge in [0, 0.05) is 4.88 Å². The second-order valence-corrected chi connectivity index (χ2v) is 8.05. The molecule has 3 amide bonds. The third kappa shape index (κ3) is 3.85. The number of carbonyl (C=O) groups excluding carboxylic acids is 3. The van der Waals surface area contributed by atoms with Crippen molar-refractivity contribution in [2.45, 2.75) is 33.7 Å². The quantitative estimate of drug-likeness (QED) is 0.845. The van der Waals surface area contributed by atoms with Crippen LogP contribution in [0.5, 0.6) is 0 Å². The zero-order valence-corrected chi connectivity index (χ0v) is 16.5. The first-order valence-corrected chi connectivity index (χ1v) is 9.54. The maximum atomic E-state index is 13.1. The maximum absolute atomic E-state index is 13.1. The molecule has 1 aromatic carbocycles. The Bertz CT molecular complexity index is 887. The Morgan fingerprint density at radius 2 is 2.00 bits per heavy atom. The Morgan fingerprint density at radius 1 is 1.30 bits per heavy atom. The molecule has 0 fully saturated rings. The van der Waals surface area contributed by atoms with Gasteiger partial charge in [-0.2, -0.15) is 0 Å². The summed E-state index contributed by atoms with van der Waals surface area (Å²) >= 11 is 1.39. The molecule has 142 valence electrons. The van der Waals surface area contributed by atoms with Crippen molar-refractivity contribution in [3.8, 4) is 0 Å². The van der Waals surface area contributed by atoms with E-state index in [1.54, 1.807) is 24.3 Å². The SMILES string of the molecule is Cc1nc(NC(=O)CN2C(=O)[C@@H](C(C)C)NC(=O)c3ccccc32)sc1C. The van der Waals surface area contributed by atoms with Gasteiger partial charge in [-0.1, -0.05) is 26.0 Å². The second kappa shape index (κ2) is 7.48. The average molecular weight is 386 g/mol. The first-order valence-electron chi connectivity index (χ1n) is 8.73. The van der Waals surface area contributed by atoms with Crippen LogP contribution in [-0.4, -0.2) is 35.3 Å². The van der Waals surface area contributed by atoms with Gasteiger partial charge in [-0.25, -0.2) is 4.98 Å². The van der Waals surface area contributed by atoms with E-state index in [9.17, 15) is 14.4 Å². The Hall–Kier alpha value is -2.74. The van der Waals surface area contributed by atoms with E-state index in [4.69, 9.17) is 0 Å². The molecule has 7 nitrogen and oxygen atoms in total. The summed E-state index contributed by atoms with van der Waals surface area (Å²) in [6.45, 7) is 7.34. The summed E-state index contributed by atoms with van der Waals surface area (Å²) in [4.78, 5) is 44.9. The third-order valence-electron chi connectivity index (χ3n) is 4.50. The summed E-state index contributed by atoms with van der Waals surface area (Å²) in [5.74, 6) is -1.08. The number of benzene rings is 1. The van der Waals surface area contributed by atoms with Gasteiger partial charge in [-0.3, -0.25) is 14.4 Å². The molecule has 0 saturated carbocycles. The number of fused-ring (bicyclic) bond motifs is 1. The molecular weight excluding hydrogens is 364 g/mol. The number of aryl methyl sites for hydroxylation is 2. The molecule has 8 heteroatoms. The van der Waals surface area contributed by atoms with Gasteiger partial charge in [0.15, 0.2) is 5.13 Å². The molecule has 0 radical (unpaired) electrons. The zero-order chi connectivity index (χ0) is 19.7. The largest absolute Gasteiger partial charge is 0.340 e. The molecule has 0 bridgehead atoms. The molecule has 27 heavy (non-hydrogen) atoms. The summed E-state index contributed by atoms with van der Waals surface area (Å²) in [6, 6.07) is 6.12. The number of hydrogen-bond acceptors (Lipinski definition) is 5. The summed E-state index contributed by atoms with van der Waals surface area (Å²) in [5.41, 5.74) is 1.67. The van der Waals surface area contributed by atoms with Gasteiger partial charge in [-0.15, -0.1) is 11.3 Å². The van der Waals surface area contributed by atoms with Crippen molar-refractivity contribution in [2.75, 3.05) is 16.8 Å². The molecule has 0 aliphatic carbocycles. The maximum Gasteiger partial charge on any atom is 0.254 e. The van der Waals surface area contributed by atoms with Crippen LogP contribution in [0.1, 0.15) is 34.8 Å². The minimum absolute atomic E-state index is 0.106. The lowest BCUT2D eigenvalue weighted by Crippen LogP contribution is -2.50. The number of aromatic nitrogens is 1. The number of anilines is 2. The lowest BCUT2D eigenvalue weighted by molar-refractivity contribution is -0.123. The van der Waals surface area contributed by atoms with Crippen LogP contribution in [0.15, 0.2) is 24.3 Å². The molecule has 3 rings (SSSR count). The Balaban J connectivity index is 1.90. The van der Waals surface area contributed by atoms with E-state index >= 15 is 0 Å². The normalized spacial score (nSPS) is 16.8. The fraction of sp³-hybridized carbons (Fsp3) is 0.368. The molecule has 1 aromatic heterocycles. The fourth-order valence-corrected chi connectivity index (χ4v) is 3.74. The van der Waals surface area contributed by atoms with Gasteiger partial charge >= 0.3 is 0 Å². The highest BCUT2D eigenvalue weighted by atomic mass is 32.1. The predicted molar refractivity (Wildman–Crippen MR) is 105 cm³/mol. The number of para-hydroxylation sites is 1. The van der Waals surface area contributed by atoms with E-state index in [1.165, 1.54) is 16.2 Å². The molecular formula is C19H22N4O3S. The number of thiazole rings is 1. The topological polar surface area (TPSA) is 91.4 Å². The van der Waals surface area contributed by atoms with Crippen molar-refractivity contribution in [3.05, 3.63) is 40.4 Å². The summed E-state index contributed by atoms with van der Waals surface area (Å²) in [5, 5.41) is 6.02. The molecule has 0 saturated heterocycles.